The van der Waals surface area contributed by atoms with Crippen molar-refractivity contribution in [3.8, 4) is 0 Å². The molecular weight excluding hydrogens is 388 g/mol. The van der Waals surface area contributed by atoms with E-state index in [-0.39, 0.29) is 5.78 Å². The third kappa shape index (κ3) is 3.57. The first-order valence-corrected chi connectivity index (χ1v) is 9.65. The third-order valence-corrected chi connectivity index (χ3v) is 5.20. The van der Waals surface area contributed by atoms with Crippen molar-refractivity contribution in [2.75, 3.05) is 0 Å². The van der Waals surface area contributed by atoms with Crippen molar-refractivity contribution in [2.24, 2.45) is 0 Å². The fraction of sp³-hybridized carbons (Fsp3) is 0.0435. The summed E-state index contributed by atoms with van der Waals surface area (Å²) < 4.78 is 0. The number of benzene rings is 3. The SMILES string of the molecule is O=C(C1=C(c2ccccc2)NC(=S)NC1c1ccccc1Cl)c1ccccc1. The molecule has 0 aliphatic carbocycles. The van der Waals surface area contributed by atoms with Crippen LogP contribution in [-0.4, -0.2) is 10.9 Å². The first kappa shape index (κ1) is 18.4. The number of hydrogen-bond acceptors (Lipinski definition) is 2. The minimum Gasteiger partial charge on any atom is -0.351 e. The van der Waals surface area contributed by atoms with E-state index < -0.39 is 6.04 Å². The summed E-state index contributed by atoms with van der Waals surface area (Å²) in [6.45, 7) is 0. The number of halogens is 1. The van der Waals surface area contributed by atoms with E-state index in [0.717, 1.165) is 11.1 Å². The van der Waals surface area contributed by atoms with Crippen molar-refractivity contribution in [3.63, 3.8) is 0 Å². The average Bonchev–Trinajstić information content (AvgIpc) is 2.74. The van der Waals surface area contributed by atoms with Gasteiger partial charge in [0, 0.05) is 10.6 Å². The van der Waals surface area contributed by atoms with Crippen molar-refractivity contribution in [1.82, 2.24) is 10.6 Å². The second-order valence-electron chi connectivity index (χ2n) is 6.40. The summed E-state index contributed by atoms with van der Waals surface area (Å²) in [7, 11) is 0. The summed E-state index contributed by atoms with van der Waals surface area (Å²) in [5.74, 6) is -0.0770. The Morgan fingerprint density at radius 3 is 2.14 bits per heavy atom. The van der Waals surface area contributed by atoms with E-state index in [9.17, 15) is 4.79 Å². The highest BCUT2D eigenvalue weighted by atomic mass is 35.5. The lowest BCUT2D eigenvalue weighted by molar-refractivity contribution is 0.102. The van der Waals surface area contributed by atoms with Crippen LogP contribution >= 0.6 is 23.8 Å². The van der Waals surface area contributed by atoms with Crippen LogP contribution in [0.5, 0.6) is 0 Å². The molecule has 0 bridgehead atoms. The topological polar surface area (TPSA) is 41.1 Å². The predicted molar refractivity (Wildman–Crippen MR) is 117 cm³/mol. The molecule has 0 saturated carbocycles. The smallest absolute Gasteiger partial charge is 0.193 e. The van der Waals surface area contributed by atoms with Crippen LogP contribution in [0.3, 0.4) is 0 Å². The maximum atomic E-state index is 13.6. The standard InChI is InChI=1S/C23H17ClN2OS/c24-18-14-8-7-13-17(18)21-19(22(27)16-11-5-2-6-12-16)20(25-23(28)26-21)15-9-3-1-4-10-15/h1-14,21H,(H2,25,26,28). The van der Waals surface area contributed by atoms with E-state index >= 15 is 0 Å². The summed E-state index contributed by atoms with van der Waals surface area (Å²) in [4.78, 5) is 13.6. The highest BCUT2D eigenvalue weighted by Gasteiger charge is 2.33. The number of thiocarbonyl (C=S) groups is 1. The number of rotatable bonds is 4. The molecule has 1 aliphatic heterocycles. The fourth-order valence-corrected chi connectivity index (χ4v) is 3.79. The van der Waals surface area contributed by atoms with Crippen LogP contribution in [0.1, 0.15) is 27.5 Å². The van der Waals surface area contributed by atoms with Gasteiger partial charge in [0.25, 0.3) is 0 Å². The minimum atomic E-state index is -0.453. The van der Waals surface area contributed by atoms with Crippen LogP contribution in [0.15, 0.2) is 90.5 Å². The van der Waals surface area contributed by atoms with Gasteiger partial charge in [0.2, 0.25) is 0 Å². The van der Waals surface area contributed by atoms with Gasteiger partial charge < -0.3 is 10.6 Å². The zero-order valence-corrected chi connectivity index (χ0v) is 16.4. The Morgan fingerprint density at radius 1 is 0.857 bits per heavy atom. The number of Topliss-reactive ketones (excluding diaryl/α,β-unsaturated/α-hetero) is 1. The van der Waals surface area contributed by atoms with Gasteiger partial charge in [-0.1, -0.05) is 90.5 Å². The fourth-order valence-electron chi connectivity index (χ4n) is 3.33. The summed E-state index contributed by atoms with van der Waals surface area (Å²) in [6.07, 6.45) is 0. The van der Waals surface area contributed by atoms with Crippen LogP contribution < -0.4 is 10.6 Å². The van der Waals surface area contributed by atoms with Crippen molar-refractivity contribution in [2.45, 2.75) is 6.04 Å². The van der Waals surface area contributed by atoms with Gasteiger partial charge in [-0.25, -0.2) is 0 Å². The van der Waals surface area contributed by atoms with Gasteiger partial charge in [-0.15, -0.1) is 0 Å². The molecule has 0 aromatic heterocycles. The largest absolute Gasteiger partial charge is 0.351 e. The Morgan fingerprint density at radius 2 is 1.46 bits per heavy atom. The average molecular weight is 405 g/mol. The molecule has 3 nitrogen and oxygen atoms in total. The van der Waals surface area contributed by atoms with E-state index in [1.807, 2.05) is 84.9 Å². The van der Waals surface area contributed by atoms with Crippen LogP contribution in [0, 0.1) is 0 Å². The van der Waals surface area contributed by atoms with Crippen LogP contribution in [0.4, 0.5) is 0 Å². The number of carbonyl (C=O) groups excluding carboxylic acids is 1. The van der Waals surface area contributed by atoms with Gasteiger partial charge in [-0.3, -0.25) is 4.79 Å². The lowest BCUT2D eigenvalue weighted by Gasteiger charge is -2.32. The molecule has 1 aliphatic rings. The van der Waals surface area contributed by atoms with Crippen LogP contribution in [0.25, 0.3) is 5.70 Å². The molecule has 1 unspecified atom stereocenters. The molecule has 138 valence electrons. The van der Waals surface area contributed by atoms with E-state index in [4.69, 9.17) is 23.8 Å². The molecular formula is C23H17ClN2OS. The maximum absolute atomic E-state index is 13.6. The van der Waals surface area contributed by atoms with E-state index in [1.54, 1.807) is 0 Å². The number of ketones is 1. The highest BCUT2D eigenvalue weighted by Crippen LogP contribution is 2.36. The van der Waals surface area contributed by atoms with Crippen LogP contribution in [-0.2, 0) is 0 Å². The van der Waals surface area contributed by atoms with Gasteiger partial charge in [0.1, 0.15) is 0 Å². The normalized spacial score (nSPS) is 16.3. The summed E-state index contributed by atoms with van der Waals surface area (Å²) in [5, 5.41) is 7.45. The zero-order valence-electron chi connectivity index (χ0n) is 14.9. The van der Waals surface area contributed by atoms with E-state index in [1.165, 1.54) is 0 Å². The van der Waals surface area contributed by atoms with Crippen molar-refractivity contribution in [3.05, 3.63) is 112 Å². The lowest BCUT2D eigenvalue weighted by atomic mass is 9.87. The van der Waals surface area contributed by atoms with Gasteiger partial charge in [0.05, 0.1) is 17.3 Å². The molecule has 3 aromatic rings. The Kier molecular flexibility index (Phi) is 5.24. The maximum Gasteiger partial charge on any atom is 0.193 e. The van der Waals surface area contributed by atoms with E-state index in [0.29, 0.717) is 27.0 Å². The highest BCUT2D eigenvalue weighted by molar-refractivity contribution is 7.80. The number of hydrogen-bond donors (Lipinski definition) is 2. The second-order valence-corrected chi connectivity index (χ2v) is 7.22. The molecule has 0 radical (unpaired) electrons. The molecule has 1 heterocycles. The molecule has 5 heteroatoms. The predicted octanol–water partition coefficient (Wildman–Crippen LogP) is 5.15. The Balaban J connectivity index is 1.95. The lowest BCUT2D eigenvalue weighted by Crippen LogP contribution is -2.45. The van der Waals surface area contributed by atoms with Crippen molar-refractivity contribution < 1.29 is 4.79 Å². The summed E-state index contributed by atoms with van der Waals surface area (Å²) in [5.41, 5.74) is 3.59. The molecule has 2 N–H and O–H groups in total. The molecule has 0 amide bonds. The molecule has 0 spiro atoms. The Hall–Kier alpha value is -2.95. The zero-order chi connectivity index (χ0) is 19.5. The number of nitrogens with one attached hydrogen (secondary N) is 2. The Bertz CT molecular complexity index is 1060. The van der Waals surface area contributed by atoms with Gasteiger partial charge >= 0.3 is 0 Å². The first-order valence-electron chi connectivity index (χ1n) is 8.86. The van der Waals surface area contributed by atoms with Crippen molar-refractivity contribution in [1.29, 1.82) is 0 Å². The third-order valence-electron chi connectivity index (χ3n) is 4.63. The Labute approximate surface area is 174 Å². The summed E-state index contributed by atoms with van der Waals surface area (Å²) >= 11 is 11.9. The molecule has 3 aromatic carbocycles. The van der Waals surface area contributed by atoms with Crippen molar-refractivity contribution >= 4 is 40.4 Å². The minimum absolute atomic E-state index is 0.0770. The molecule has 0 saturated heterocycles. The second kappa shape index (κ2) is 7.97. The quantitative estimate of drug-likeness (QED) is 0.466. The van der Waals surface area contributed by atoms with Gasteiger partial charge in [-0.2, -0.15) is 0 Å². The molecule has 1 atom stereocenters. The summed E-state index contributed by atoms with van der Waals surface area (Å²) in [6, 6.07) is 26.0. The van der Waals surface area contributed by atoms with Gasteiger partial charge in [-0.05, 0) is 29.4 Å². The molecule has 4 rings (SSSR count). The van der Waals surface area contributed by atoms with Gasteiger partial charge in [0.15, 0.2) is 10.9 Å². The van der Waals surface area contributed by atoms with Crippen LogP contribution in [0.2, 0.25) is 5.02 Å². The monoisotopic (exact) mass is 404 g/mol. The van der Waals surface area contributed by atoms with E-state index in [2.05, 4.69) is 10.6 Å². The first-order chi connectivity index (χ1) is 13.6. The molecule has 0 fully saturated rings. The molecule has 28 heavy (non-hydrogen) atoms. The number of carbonyl (C=O) groups is 1.